The largest absolute Gasteiger partial charge is 0.400 e. The van der Waals surface area contributed by atoms with E-state index in [1.54, 1.807) is 17.5 Å². The van der Waals surface area contributed by atoms with E-state index in [4.69, 9.17) is 22.0 Å². The fourth-order valence-electron chi connectivity index (χ4n) is 2.86. The van der Waals surface area contributed by atoms with E-state index in [2.05, 4.69) is 20.3 Å². The highest BCUT2D eigenvalue weighted by atomic mass is 16.5. The molecule has 0 spiro atoms. The molecule has 0 bridgehead atoms. The molecule has 7 N–H and O–H groups in total. The molecule has 1 saturated heterocycles. The lowest BCUT2D eigenvalue weighted by Gasteiger charge is -2.20. The van der Waals surface area contributed by atoms with Gasteiger partial charge in [-0.25, -0.2) is 20.8 Å². The number of nitrogen functional groups attached to an aromatic ring is 1. The predicted octanol–water partition coefficient (Wildman–Crippen LogP) is -0.719. The number of nitrogens with zero attached hydrogens (tertiary/aromatic N) is 5. The van der Waals surface area contributed by atoms with Crippen LogP contribution in [-0.2, 0) is 4.74 Å². The van der Waals surface area contributed by atoms with Gasteiger partial charge in [-0.15, -0.1) is 0 Å². The van der Waals surface area contributed by atoms with E-state index in [-0.39, 0.29) is 12.3 Å². The topological polar surface area (TPSA) is 146 Å². The maximum atomic E-state index is 6.08. The Kier molecular flexibility index (Phi) is 4.79. The number of hydrogen-bond donors (Lipinski definition) is 4. The molecule has 3 heterocycles. The second kappa shape index (κ2) is 6.99. The Balaban J connectivity index is 1.65. The second-order valence-electron chi connectivity index (χ2n) is 5.80. The summed E-state index contributed by atoms with van der Waals surface area (Å²) in [7, 11) is 1.83. The summed E-state index contributed by atoms with van der Waals surface area (Å²) in [6.07, 6.45) is 6.44. The average Bonchev–Trinajstić information content (AvgIpc) is 3.14. The van der Waals surface area contributed by atoms with E-state index < -0.39 is 0 Å². The van der Waals surface area contributed by atoms with Crippen LogP contribution in [0.1, 0.15) is 19.1 Å². The van der Waals surface area contributed by atoms with Crippen LogP contribution in [-0.4, -0.2) is 50.8 Å². The standard InChI is InChI=1S/C14H23N9O/c1-18-4-9(15)5-22(17)6-10-2-3-11(24-10)23-8-21-12-13(16)19-7-20-14(12)23/h5,7-8,10-11,18H,2-4,6,15,17H2,1H3,(H2,16,19,20)/b9-5-. The van der Waals surface area contributed by atoms with Crippen molar-refractivity contribution in [2.24, 2.45) is 11.6 Å². The van der Waals surface area contributed by atoms with Gasteiger partial charge in [-0.2, -0.15) is 0 Å². The van der Waals surface area contributed by atoms with Crippen molar-refractivity contribution in [3.63, 3.8) is 0 Å². The van der Waals surface area contributed by atoms with E-state index in [9.17, 15) is 0 Å². The van der Waals surface area contributed by atoms with Crippen molar-refractivity contribution in [3.8, 4) is 0 Å². The molecule has 0 amide bonds. The third-order valence-electron chi connectivity index (χ3n) is 3.91. The van der Waals surface area contributed by atoms with Gasteiger partial charge in [0.2, 0.25) is 0 Å². The normalized spacial score (nSPS) is 21.5. The van der Waals surface area contributed by atoms with Crippen molar-refractivity contribution in [1.29, 1.82) is 0 Å². The van der Waals surface area contributed by atoms with Crippen LogP contribution in [0.2, 0.25) is 0 Å². The molecule has 2 aromatic heterocycles. The number of hydrogen-bond acceptors (Lipinski definition) is 9. The lowest BCUT2D eigenvalue weighted by molar-refractivity contribution is -0.00630. The molecule has 3 rings (SSSR count). The van der Waals surface area contributed by atoms with Crippen molar-refractivity contribution in [2.45, 2.75) is 25.2 Å². The van der Waals surface area contributed by atoms with Gasteiger partial charge in [-0.05, 0) is 19.9 Å². The number of likely N-dealkylation sites (N-methyl/N-ethyl adjacent to an activating group) is 1. The lowest BCUT2D eigenvalue weighted by atomic mass is 10.2. The molecule has 0 saturated carbocycles. The summed E-state index contributed by atoms with van der Waals surface area (Å²) >= 11 is 0. The first-order valence-corrected chi connectivity index (χ1v) is 7.79. The highest BCUT2D eigenvalue weighted by Gasteiger charge is 2.28. The van der Waals surface area contributed by atoms with Crippen LogP contribution in [0.15, 0.2) is 24.6 Å². The van der Waals surface area contributed by atoms with Crippen molar-refractivity contribution < 1.29 is 4.74 Å². The molecular weight excluding hydrogens is 310 g/mol. The molecule has 0 aromatic carbocycles. The molecule has 10 heteroatoms. The lowest BCUT2D eigenvalue weighted by Crippen LogP contribution is -2.35. The van der Waals surface area contributed by atoms with Crippen LogP contribution < -0.4 is 22.6 Å². The van der Waals surface area contributed by atoms with Gasteiger partial charge in [0.05, 0.1) is 19.0 Å². The molecule has 130 valence electrons. The molecule has 1 aliphatic rings. The SMILES string of the molecule is CNC/C(N)=C/N(N)CC1CCC(n2cnc3c(N)ncnc32)O1. The molecule has 1 aliphatic heterocycles. The molecule has 2 atom stereocenters. The number of fused-ring (bicyclic) bond motifs is 1. The van der Waals surface area contributed by atoms with Crippen LogP contribution in [0.25, 0.3) is 11.2 Å². The van der Waals surface area contributed by atoms with Crippen molar-refractivity contribution in [2.75, 3.05) is 25.9 Å². The highest BCUT2D eigenvalue weighted by Crippen LogP contribution is 2.31. The van der Waals surface area contributed by atoms with Crippen LogP contribution >= 0.6 is 0 Å². The third kappa shape index (κ3) is 3.40. The Hall–Kier alpha value is -2.43. The monoisotopic (exact) mass is 333 g/mol. The summed E-state index contributed by atoms with van der Waals surface area (Å²) in [6.45, 7) is 1.15. The Labute approximate surface area is 139 Å². The summed E-state index contributed by atoms with van der Waals surface area (Å²) in [4.78, 5) is 12.5. The summed E-state index contributed by atoms with van der Waals surface area (Å²) < 4.78 is 7.97. The van der Waals surface area contributed by atoms with Gasteiger partial charge in [0.25, 0.3) is 0 Å². The minimum atomic E-state index is -0.138. The van der Waals surface area contributed by atoms with Crippen LogP contribution in [0.4, 0.5) is 5.82 Å². The fourth-order valence-corrected chi connectivity index (χ4v) is 2.86. The molecule has 2 aromatic rings. The van der Waals surface area contributed by atoms with Gasteiger partial charge in [-0.1, -0.05) is 0 Å². The molecule has 24 heavy (non-hydrogen) atoms. The van der Waals surface area contributed by atoms with Gasteiger partial charge < -0.3 is 26.5 Å². The number of anilines is 1. The van der Waals surface area contributed by atoms with E-state index in [0.717, 1.165) is 12.8 Å². The maximum absolute atomic E-state index is 6.08. The maximum Gasteiger partial charge on any atom is 0.167 e. The third-order valence-corrected chi connectivity index (χ3v) is 3.91. The van der Waals surface area contributed by atoms with Crippen molar-refractivity contribution >= 4 is 17.0 Å². The van der Waals surface area contributed by atoms with E-state index in [0.29, 0.717) is 35.8 Å². The molecular formula is C14H23N9O. The van der Waals surface area contributed by atoms with E-state index >= 15 is 0 Å². The predicted molar refractivity (Wildman–Crippen MR) is 90.0 cm³/mol. The van der Waals surface area contributed by atoms with E-state index in [1.807, 2.05) is 11.6 Å². The number of ether oxygens (including phenoxy) is 1. The summed E-state index contributed by atoms with van der Waals surface area (Å²) in [5.41, 5.74) is 13.6. The Bertz CT molecular complexity index is 728. The number of hydrazine groups is 1. The smallest absolute Gasteiger partial charge is 0.167 e. The zero-order valence-corrected chi connectivity index (χ0v) is 13.6. The molecule has 2 unspecified atom stereocenters. The fraction of sp³-hybridized carbons (Fsp3) is 0.500. The second-order valence-corrected chi connectivity index (χ2v) is 5.80. The number of rotatable bonds is 6. The molecule has 0 radical (unpaired) electrons. The van der Waals surface area contributed by atoms with Gasteiger partial charge >= 0.3 is 0 Å². The van der Waals surface area contributed by atoms with E-state index in [1.165, 1.54) is 6.33 Å². The Morgan fingerprint density at radius 1 is 1.46 bits per heavy atom. The van der Waals surface area contributed by atoms with Crippen molar-refractivity contribution in [3.05, 3.63) is 24.6 Å². The average molecular weight is 333 g/mol. The van der Waals surface area contributed by atoms with Crippen LogP contribution in [0, 0.1) is 0 Å². The van der Waals surface area contributed by atoms with Gasteiger partial charge in [-0.3, -0.25) is 4.57 Å². The first-order chi connectivity index (χ1) is 11.6. The summed E-state index contributed by atoms with van der Waals surface area (Å²) in [5, 5.41) is 4.54. The first-order valence-electron chi connectivity index (χ1n) is 7.79. The number of aromatic nitrogens is 4. The summed E-state index contributed by atoms with van der Waals surface area (Å²) in [6, 6.07) is 0. The Morgan fingerprint density at radius 3 is 3.08 bits per heavy atom. The quantitative estimate of drug-likeness (QED) is 0.397. The van der Waals surface area contributed by atoms with Crippen LogP contribution in [0.5, 0.6) is 0 Å². The zero-order valence-electron chi connectivity index (χ0n) is 13.6. The minimum Gasteiger partial charge on any atom is -0.400 e. The molecule has 10 nitrogen and oxygen atoms in total. The van der Waals surface area contributed by atoms with Crippen LogP contribution in [0.3, 0.4) is 0 Å². The molecule has 1 fully saturated rings. The first kappa shape index (κ1) is 16.4. The highest BCUT2D eigenvalue weighted by molar-refractivity contribution is 5.81. The van der Waals surface area contributed by atoms with Gasteiger partial charge in [0, 0.05) is 18.4 Å². The number of imidazole rings is 1. The number of nitrogens with two attached hydrogens (primary N) is 3. The Morgan fingerprint density at radius 2 is 2.29 bits per heavy atom. The minimum absolute atomic E-state index is 0.00951. The van der Waals surface area contributed by atoms with Crippen molar-refractivity contribution in [1.82, 2.24) is 29.8 Å². The van der Waals surface area contributed by atoms with Gasteiger partial charge in [0.15, 0.2) is 11.5 Å². The zero-order chi connectivity index (χ0) is 17.1. The summed E-state index contributed by atoms with van der Waals surface area (Å²) in [5.74, 6) is 6.34. The molecule has 0 aliphatic carbocycles. The van der Waals surface area contributed by atoms with Gasteiger partial charge in [0.1, 0.15) is 18.1 Å². The number of nitrogens with one attached hydrogen (secondary N) is 1.